The SMILES string of the molecule is CCOC(=O)c1cnc(Cl)cc1Oc1cc2c(F)c[nH]c2nc1OC. The highest BCUT2D eigenvalue weighted by molar-refractivity contribution is 6.29. The van der Waals surface area contributed by atoms with E-state index < -0.39 is 11.8 Å². The number of hydrogen-bond acceptors (Lipinski definition) is 6. The molecule has 1 N–H and O–H groups in total. The molecule has 0 saturated carbocycles. The first kappa shape index (κ1) is 17.0. The van der Waals surface area contributed by atoms with Crippen molar-refractivity contribution in [2.45, 2.75) is 6.92 Å². The maximum atomic E-state index is 13.8. The number of esters is 1. The summed E-state index contributed by atoms with van der Waals surface area (Å²) in [5, 5.41) is 0.331. The van der Waals surface area contributed by atoms with Gasteiger partial charge in [0.25, 0.3) is 5.88 Å². The maximum absolute atomic E-state index is 13.8. The number of carbonyl (C=O) groups is 1. The molecule has 9 heteroatoms. The van der Waals surface area contributed by atoms with Gasteiger partial charge in [0.1, 0.15) is 27.9 Å². The molecular formula is C16H13ClFN3O4. The summed E-state index contributed by atoms with van der Waals surface area (Å²) in [4.78, 5) is 22.7. The topological polar surface area (TPSA) is 86.3 Å². The summed E-state index contributed by atoms with van der Waals surface area (Å²) in [6.45, 7) is 1.86. The Morgan fingerprint density at radius 1 is 1.36 bits per heavy atom. The van der Waals surface area contributed by atoms with E-state index in [4.69, 9.17) is 25.8 Å². The second-order valence-electron chi connectivity index (χ2n) is 4.85. The summed E-state index contributed by atoms with van der Waals surface area (Å²) in [5.74, 6) is -0.803. The van der Waals surface area contributed by atoms with Crippen molar-refractivity contribution in [1.29, 1.82) is 0 Å². The van der Waals surface area contributed by atoms with E-state index in [9.17, 15) is 9.18 Å². The first-order chi connectivity index (χ1) is 12.0. The highest BCUT2D eigenvalue weighted by Crippen LogP contribution is 2.35. The van der Waals surface area contributed by atoms with Gasteiger partial charge in [0.05, 0.1) is 19.1 Å². The van der Waals surface area contributed by atoms with Crippen molar-refractivity contribution in [2.75, 3.05) is 13.7 Å². The second-order valence-corrected chi connectivity index (χ2v) is 5.24. The molecular weight excluding hydrogens is 353 g/mol. The first-order valence-electron chi connectivity index (χ1n) is 7.25. The number of rotatable bonds is 5. The molecule has 0 radical (unpaired) electrons. The van der Waals surface area contributed by atoms with Gasteiger partial charge in [0.15, 0.2) is 5.75 Å². The van der Waals surface area contributed by atoms with Crippen LogP contribution in [0.25, 0.3) is 11.0 Å². The van der Waals surface area contributed by atoms with Crippen molar-refractivity contribution in [3.05, 3.63) is 41.1 Å². The molecule has 0 aliphatic carbocycles. The van der Waals surface area contributed by atoms with Crippen LogP contribution in [0, 0.1) is 5.82 Å². The molecule has 0 saturated heterocycles. The number of nitrogens with one attached hydrogen (secondary N) is 1. The summed E-state index contributed by atoms with van der Waals surface area (Å²) in [6.07, 6.45) is 2.42. The maximum Gasteiger partial charge on any atom is 0.343 e. The van der Waals surface area contributed by atoms with Gasteiger partial charge in [-0.1, -0.05) is 11.6 Å². The van der Waals surface area contributed by atoms with Crippen LogP contribution in [0.3, 0.4) is 0 Å². The molecule has 0 unspecified atom stereocenters. The Kier molecular flexibility index (Phi) is 4.71. The molecule has 7 nitrogen and oxygen atoms in total. The molecule has 3 heterocycles. The van der Waals surface area contributed by atoms with Crippen LogP contribution in [0.15, 0.2) is 24.5 Å². The van der Waals surface area contributed by atoms with E-state index in [1.54, 1.807) is 6.92 Å². The Bertz CT molecular complexity index is 945. The third kappa shape index (κ3) is 3.34. The zero-order valence-electron chi connectivity index (χ0n) is 13.3. The van der Waals surface area contributed by atoms with Crippen molar-refractivity contribution in [3.8, 4) is 17.4 Å². The minimum atomic E-state index is -0.623. The van der Waals surface area contributed by atoms with Crippen LogP contribution in [0.2, 0.25) is 5.15 Å². The van der Waals surface area contributed by atoms with E-state index in [2.05, 4.69) is 15.0 Å². The van der Waals surface area contributed by atoms with Crippen LogP contribution in [0.4, 0.5) is 4.39 Å². The molecule has 0 fully saturated rings. The van der Waals surface area contributed by atoms with Crippen molar-refractivity contribution in [1.82, 2.24) is 15.0 Å². The highest BCUT2D eigenvalue weighted by atomic mass is 35.5. The van der Waals surface area contributed by atoms with E-state index in [0.717, 1.165) is 0 Å². The molecule has 130 valence electrons. The number of nitrogens with zero attached hydrogens (tertiary/aromatic N) is 2. The summed E-state index contributed by atoms with van der Waals surface area (Å²) in [5.41, 5.74) is 0.378. The van der Waals surface area contributed by atoms with Gasteiger partial charge in [0, 0.05) is 24.5 Å². The van der Waals surface area contributed by atoms with Crippen LogP contribution >= 0.6 is 11.6 Å². The van der Waals surface area contributed by atoms with Crippen molar-refractivity contribution in [3.63, 3.8) is 0 Å². The molecule has 0 amide bonds. The number of methoxy groups -OCH3 is 1. The van der Waals surface area contributed by atoms with E-state index in [1.165, 1.54) is 31.6 Å². The third-order valence-electron chi connectivity index (χ3n) is 3.29. The zero-order valence-corrected chi connectivity index (χ0v) is 14.1. The number of hydrogen-bond donors (Lipinski definition) is 1. The van der Waals surface area contributed by atoms with Gasteiger partial charge >= 0.3 is 5.97 Å². The molecule has 3 rings (SSSR count). The van der Waals surface area contributed by atoms with E-state index in [1.807, 2.05) is 0 Å². The molecule has 3 aromatic heterocycles. The van der Waals surface area contributed by atoms with Crippen LogP contribution < -0.4 is 9.47 Å². The predicted molar refractivity (Wildman–Crippen MR) is 87.9 cm³/mol. The van der Waals surface area contributed by atoms with Crippen molar-refractivity contribution < 1.29 is 23.4 Å². The smallest absolute Gasteiger partial charge is 0.343 e. The minimum absolute atomic E-state index is 0.0722. The minimum Gasteiger partial charge on any atom is -0.478 e. The van der Waals surface area contributed by atoms with Crippen LogP contribution in [-0.4, -0.2) is 34.6 Å². The van der Waals surface area contributed by atoms with Crippen molar-refractivity contribution in [2.24, 2.45) is 0 Å². The Balaban J connectivity index is 2.07. The monoisotopic (exact) mass is 365 g/mol. The Morgan fingerprint density at radius 3 is 2.88 bits per heavy atom. The number of aromatic nitrogens is 3. The van der Waals surface area contributed by atoms with E-state index in [-0.39, 0.29) is 40.1 Å². The quantitative estimate of drug-likeness (QED) is 0.547. The van der Waals surface area contributed by atoms with Gasteiger partial charge in [-0.05, 0) is 6.92 Å². The van der Waals surface area contributed by atoms with Crippen LogP contribution in [0.5, 0.6) is 17.4 Å². The molecule has 0 spiro atoms. The van der Waals surface area contributed by atoms with E-state index in [0.29, 0.717) is 5.65 Å². The lowest BCUT2D eigenvalue weighted by Gasteiger charge is -2.12. The molecule has 0 aliphatic heterocycles. The molecule has 0 bridgehead atoms. The third-order valence-corrected chi connectivity index (χ3v) is 3.50. The number of ether oxygens (including phenoxy) is 3. The van der Waals surface area contributed by atoms with E-state index >= 15 is 0 Å². The molecule has 0 atom stereocenters. The first-order valence-corrected chi connectivity index (χ1v) is 7.63. The second kappa shape index (κ2) is 6.94. The number of aromatic amines is 1. The predicted octanol–water partition coefficient (Wildman–Crippen LogP) is 3.73. The summed E-state index contributed by atoms with van der Waals surface area (Å²) in [7, 11) is 1.39. The number of H-pyrrole nitrogens is 1. The van der Waals surface area contributed by atoms with Gasteiger partial charge in [-0.2, -0.15) is 4.98 Å². The normalized spacial score (nSPS) is 10.7. The van der Waals surface area contributed by atoms with Gasteiger partial charge < -0.3 is 19.2 Å². The molecule has 0 aliphatic rings. The van der Waals surface area contributed by atoms with Crippen LogP contribution in [-0.2, 0) is 4.74 Å². The fourth-order valence-corrected chi connectivity index (χ4v) is 2.32. The average molecular weight is 366 g/mol. The highest BCUT2D eigenvalue weighted by Gasteiger charge is 2.19. The average Bonchev–Trinajstić information content (AvgIpc) is 2.95. The zero-order chi connectivity index (χ0) is 18.0. The van der Waals surface area contributed by atoms with Gasteiger partial charge in [0.2, 0.25) is 0 Å². The largest absolute Gasteiger partial charge is 0.478 e. The number of fused-ring (bicyclic) bond motifs is 1. The van der Waals surface area contributed by atoms with Crippen molar-refractivity contribution >= 4 is 28.6 Å². The number of carbonyl (C=O) groups excluding carboxylic acids is 1. The fraction of sp³-hybridized carbons (Fsp3) is 0.188. The molecule has 25 heavy (non-hydrogen) atoms. The Hall–Kier alpha value is -2.87. The number of pyridine rings is 2. The molecule has 0 aromatic carbocycles. The standard InChI is InChI=1S/C16H13ClFN3O4/c1-3-24-16(22)9-6-19-13(17)5-11(9)25-12-4-8-10(18)7-20-14(8)21-15(12)23-2/h4-7H,3H2,1-2H3,(H,20,21). The fourth-order valence-electron chi connectivity index (χ4n) is 2.18. The van der Waals surface area contributed by atoms with Gasteiger partial charge in [-0.3, -0.25) is 0 Å². The van der Waals surface area contributed by atoms with Crippen LogP contribution in [0.1, 0.15) is 17.3 Å². The summed E-state index contributed by atoms with van der Waals surface area (Å²) >= 11 is 5.89. The van der Waals surface area contributed by atoms with Gasteiger partial charge in [-0.25, -0.2) is 14.2 Å². The lowest BCUT2D eigenvalue weighted by atomic mass is 10.2. The summed E-state index contributed by atoms with van der Waals surface area (Å²) in [6, 6.07) is 2.77. The lowest BCUT2D eigenvalue weighted by Crippen LogP contribution is -2.07. The summed E-state index contributed by atoms with van der Waals surface area (Å²) < 4.78 is 29.7. The number of halogens is 2. The Morgan fingerprint density at radius 2 is 2.16 bits per heavy atom. The molecule has 3 aromatic rings. The lowest BCUT2D eigenvalue weighted by molar-refractivity contribution is 0.0523. The Labute approximate surface area is 146 Å². The van der Waals surface area contributed by atoms with Gasteiger partial charge in [-0.15, -0.1) is 0 Å².